The van der Waals surface area contributed by atoms with E-state index in [1.54, 1.807) is 0 Å². The highest BCUT2D eigenvalue weighted by molar-refractivity contribution is 5.79. The van der Waals surface area contributed by atoms with Crippen LogP contribution in [0.2, 0.25) is 0 Å². The van der Waals surface area contributed by atoms with Crippen molar-refractivity contribution >= 4 is 5.91 Å². The average molecular weight is 222 g/mol. The molecule has 1 aliphatic heterocycles. The standard InChI is InChI=1S/C12H18N2O2/c1-8-5-13-7-11(8)12(15)14-6-10-4-3-9(2)16-10/h3-4,8,11,13H,5-7H2,1-2H3,(H,14,15)/t8-,11-/m1/s1. The Bertz CT molecular complexity index is 373. The molecule has 88 valence electrons. The molecule has 4 heteroatoms. The van der Waals surface area contributed by atoms with Gasteiger partial charge in [0.05, 0.1) is 12.5 Å². The summed E-state index contributed by atoms with van der Waals surface area (Å²) in [5.74, 6) is 2.31. The lowest BCUT2D eigenvalue weighted by atomic mass is 9.97. The van der Waals surface area contributed by atoms with Crippen LogP contribution in [0, 0.1) is 18.8 Å². The first kappa shape index (κ1) is 11.2. The molecule has 1 aliphatic rings. The van der Waals surface area contributed by atoms with Crippen LogP contribution in [0.3, 0.4) is 0 Å². The lowest BCUT2D eigenvalue weighted by Gasteiger charge is -2.13. The fourth-order valence-electron chi connectivity index (χ4n) is 2.05. The van der Waals surface area contributed by atoms with Gasteiger partial charge in [-0.3, -0.25) is 4.79 Å². The molecule has 1 saturated heterocycles. The zero-order valence-electron chi connectivity index (χ0n) is 9.75. The molecule has 2 N–H and O–H groups in total. The topological polar surface area (TPSA) is 54.3 Å². The first-order valence-electron chi connectivity index (χ1n) is 5.70. The van der Waals surface area contributed by atoms with Gasteiger partial charge in [-0.05, 0) is 31.5 Å². The van der Waals surface area contributed by atoms with E-state index in [1.807, 2.05) is 19.1 Å². The predicted octanol–water partition coefficient (Wildman–Crippen LogP) is 1.06. The molecule has 1 fully saturated rings. The second-order valence-electron chi connectivity index (χ2n) is 4.47. The van der Waals surface area contributed by atoms with Gasteiger partial charge in [-0.2, -0.15) is 0 Å². The van der Waals surface area contributed by atoms with Gasteiger partial charge >= 0.3 is 0 Å². The fraction of sp³-hybridized carbons (Fsp3) is 0.583. The summed E-state index contributed by atoms with van der Waals surface area (Å²) in [6.45, 7) is 6.19. The van der Waals surface area contributed by atoms with Crippen LogP contribution in [0.4, 0.5) is 0 Å². The maximum atomic E-state index is 11.8. The second kappa shape index (κ2) is 4.70. The van der Waals surface area contributed by atoms with E-state index < -0.39 is 0 Å². The van der Waals surface area contributed by atoms with Gasteiger partial charge in [0.25, 0.3) is 0 Å². The van der Waals surface area contributed by atoms with Crippen LogP contribution in [0.5, 0.6) is 0 Å². The number of furan rings is 1. The molecule has 1 aromatic heterocycles. The summed E-state index contributed by atoms with van der Waals surface area (Å²) in [7, 11) is 0. The van der Waals surface area contributed by atoms with Crippen molar-refractivity contribution in [2.24, 2.45) is 11.8 Å². The average Bonchev–Trinajstić information content (AvgIpc) is 2.84. The van der Waals surface area contributed by atoms with E-state index in [0.717, 1.165) is 24.6 Å². The molecule has 0 bridgehead atoms. The quantitative estimate of drug-likeness (QED) is 0.804. The molecule has 0 unspecified atom stereocenters. The van der Waals surface area contributed by atoms with Crippen molar-refractivity contribution in [1.82, 2.24) is 10.6 Å². The molecule has 0 aliphatic carbocycles. The Hall–Kier alpha value is -1.29. The Morgan fingerprint density at radius 1 is 1.56 bits per heavy atom. The van der Waals surface area contributed by atoms with Crippen molar-refractivity contribution in [2.75, 3.05) is 13.1 Å². The lowest BCUT2D eigenvalue weighted by molar-refractivity contribution is -0.125. The molecule has 4 nitrogen and oxygen atoms in total. The number of carbonyl (C=O) groups is 1. The largest absolute Gasteiger partial charge is 0.465 e. The zero-order chi connectivity index (χ0) is 11.5. The highest BCUT2D eigenvalue weighted by Gasteiger charge is 2.29. The van der Waals surface area contributed by atoms with Crippen molar-refractivity contribution in [2.45, 2.75) is 20.4 Å². The molecule has 0 saturated carbocycles. The SMILES string of the molecule is Cc1ccc(CNC(=O)[C@@H]2CNC[C@H]2C)o1. The van der Waals surface area contributed by atoms with Gasteiger partial charge < -0.3 is 15.1 Å². The minimum absolute atomic E-state index is 0.0936. The summed E-state index contributed by atoms with van der Waals surface area (Å²) in [5.41, 5.74) is 0. The molecular weight excluding hydrogens is 204 g/mol. The zero-order valence-corrected chi connectivity index (χ0v) is 9.75. The Kier molecular flexibility index (Phi) is 3.29. The van der Waals surface area contributed by atoms with Crippen LogP contribution >= 0.6 is 0 Å². The molecule has 2 rings (SSSR count). The third-order valence-electron chi connectivity index (χ3n) is 3.09. The first-order chi connectivity index (χ1) is 7.66. The maximum Gasteiger partial charge on any atom is 0.225 e. The normalized spacial score (nSPS) is 24.6. The second-order valence-corrected chi connectivity index (χ2v) is 4.47. The lowest BCUT2D eigenvalue weighted by Crippen LogP contribution is -2.33. The third kappa shape index (κ3) is 2.44. The maximum absolute atomic E-state index is 11.8. The number of amides is 1. The van der Waals surface area contributed by atoms with E-state index in [4.69, 9.17) is 4.42 Å². The van der Waals surface area contributed by atoms with Gasteiger partial charge in [0.2, 0.25) is 5.91 Å². The van der Waals surface area contributed by atoms with E-state index in [2.05, 4.69) is 17.6 Å². The number of hydrogen-bond donors (Lipinski definition) is 2. The molecule has 0 spiro atoms. The Labute approximate surface area is 95.4 Å². The molecule has 2 atom stereocenters. The van der Waals surface area contributed by atoms with Crippen LogP contribution in [0.25, 0.3) is 0 Å². The number of rotatable bonds is 3. The van der Waals surface area contributed by atoms with Crippen LogP contribution in [-0.2, 0) is 11.3 Å². The molecule has 0 radical (unpaired) electrons. The summed E-state index contributed by atoms with van der Waals surface area (Å²) in [6, 6.07) is 3.80. The summed E-state index contributed by atoms with van der Waals surface area (Å²) in [6.07, 6.45) is 0. The van der Waals surface area contributed by atoms with Gasteiger partial charge in [0.1, 0.15) is 11.5 Å². The monoisotopic (exact) mass is 222 g/mol. The van der Waals surface area contributed by atoms with E-state index in [-0.39, 0.29) is 11.8 Å². The number of hydrogen-bond acceptors (Lipinski definition) is 3. The molecule has 1 amide bonds. The summed E-state index contributed by atoms with van der Waals surface area (Å²) >= 11 is 0. The Balaban J connectivity index is 1.83. The fourth-order valence-corrected chi connectivity index (χ4v) is 2.05. The third-order valence-corrected chi connectivity index (χ3v) is 3.09. The summed E-state index contributed by atoms with van der Waals surface area (Å²) in [4.78, 5) is 11.8. The smallest absolute Gasteiger partial charge is 0.225 e. The first-order valence-corrected chi connectivity index (χ1v) is 5.70. The van der Waals surface area contributed by atoms with E-state index >= 15 is 0 Å². The van der Waals surface area contributed by atoms with Crippen molar-refractivity contribution in [1.29, 1.82) is 0 Å². The van der Waals surface area contributed by atoms with Crippen LogP contribution in [-0.4, -0.2) is 19.0 Å². The van der Waals surface area contributed by atoms with Crippen molar-refractivity contribution < 1.29 is 9.21 Å². The van der Waals surface area contributed by atoms with E-state index in [9.17, 15) is 4.79 Å². The summed E-state index contributed by atoms with van der Waals surface area (Å²) < 4.78 is 5.39. The highest BCUT2D eigenvalue weighted by Crippen LogP contribution is 2.16. The Morgan fingerprint density at radius 3 is 2.94 bits per heavy atom. The number of nitrogens with one attached hydrogen (secondary N) is 2. The van der Waals surface area contributed by atoms with Gasteiger partial charge in [0, 0.05) is 6.54 Å². The van der Waals surface area contributed by atoms with Crippen molar-refractivity contribution in [3.05, 3.63) is 23.7 Å². The van der Waals surface area contributed by atoms with Gasteiger partial charge in [-0.15, -0.1) is 0 Å². The van der Waals surface area contributed by atoms with Crippen LogP contribution in [0.1, 0.15) is 18.4 Å². The highest BCUT2D eigenvalue weighted by atomic mass is 16.3. The van der Waals surface area contributed by atoms with Crippen molar-refractivity contribution in [3.63, 3.8) is 0 Å². The van der Waals surface area contributed by atoms with Crippen molar-refractivity contribution in [3.8, 4) is 0 Å². The summed E-state index contributed by atoms with van der Waals surface area (Å²) in [5, 5.41) is 6.13. The Morgan fingerprint density at radius 2 is 2.38 bits per heavy atom. The predicted molar refractivity (Wildman–Crippen MR) is 60.8 cm³/mol. The minimum Gasteiger partial charge on any atom is -0.465 e. The van der Waals surface area contributed by atoms with Gasteiger partial charge in [0.15, 0.2) is 0 Å². The van der Waals surface area contributed by atoms with E-state index in [0.29, 0.717) is 12.5 Å². The molecule has 2 heterocycles. The van der Waals surface area contributed by atoms with Gasteiger partial charge in [-0.25, -0.2) is 0 Å². The number of aryl methyl sites for hydroxylation is 1. The van der Waals surface area contributed by atoms with E-state index in [1.165, 1.54) is 0 Å². The number of carbonyl (C=O) groups excluding carboxylic acids is 1. The van der Waals surface area contributed by atoms with Crippen LogP contribution < -0.4 is 10.6 Å². The molecule has 1 aromatic rings. The minimum atomic E-state index is 0.0936. The molecular formula is C12H18N2O2. The molecule has 0 aromatic carbocycles. The molecule has 16 heavy (non-hydrogen) atoms. The van der Waals surface area contributed by atoms with Crippen LogP contribution in [0.15, 0.2) is 16.5 Å². The van der Waals surface area contributed by atoms with Gasteiger partial charge in [-0.1, -0.05) is 6.92 Å².